The van der Waals surface area contributed by atoms with Gasteiger partial charge in [-0.25, -0.2) is 0 Å². The number of likely N-dealkylation sites (tertiary alicyclic amines) is 1. The van der Waals surface area contributed by atoms with Gasteiger partial charge in [0.25, 0.3) is 6.01 Å². The zero-order chi connectivity index (χ0) is 29.3. The standard InChI is InChI=1S/C32H40N4O6/c1-4-39-27-20-23(21-28(40-5-2)30(27)36-15-6-7-16-36)22-35-17-13-24(14-18-35)33-32-34-25-10-8-11-26(31(25)42-32)41-19-9-12-29(37)38-3/h6-8,10-11,15-16,20-21,24H,4-5,9,12-14,17-19,22H2,1-3H3,(H,33,34). The molecule has 5 rings (SSSR count). The minimum absolute atomic E-state index is 0.245. The third-order valence-electron chi connectivity index (χ3n) is 7.27. The molecule has 1 aliphatic heterocycles. The van der Waals surface area contributed by atoms with Crippen LogP contribution in [0.2, 0.25) is 0 Å². The summed E-state index contributed by atoms with van der Waals surface area (Å²) in [4.78, 5) is 18.4. The van der Waals surface area contributed by atoms with Crippen molar-refractivity contribution in [2.75, 3.05) is 45.3 Å². The summed E-state index contributed by atoms with van der Waals surface area (Å²) in [7, 11) is 1.39. The first-order valence-electron chi connectivity index (χ1n) is 14.7. The molecule has 0 bridgehead atoms. The number of para-hydroxylation sites is 1. The molecule has 42 heavy (non-hydrogen) atoms. The van der Waals surface area contributed by atoms with Crippen molar-refractivity contribution in [3.05, 3.63) is 60.4 Å². The van der Waals surface area contributed by atoms with Crippen LogP contribution in [-0.4, -0.2) is 66.5 Å². The normalized spacial score (nSPS) is 14.2. The molecule has 0 spiro atoms. The Hall–Kier alpha value is -4.18. The fourth-order valence-electron chi connectivity index (χ4n) is 5.27. The predicted octanol–water partition coefficient (Wildman–Crippen LogP) is 5.82. The van der Waals surface area contributed by atoms with Crippen LogP contribution in [0.1, 0.15) is 45.1 Å². The number of esters is 1. The molecule has 10 nitrogen and oxygen atoms in total. The highest BCUT2D eigenvalue weighted by Crippen LogP contribution is 2.36. The van der Waals surface area contributed by atoms with Crippen molar-refractivity contribution in [3.63, 3.8) is 0 Å². The summed E-state index contributed by atoms with van der Waals surface area (Å²) < 4.78 is 30.8. The van der Waals surface area contributed by atoms with E-state index in [0.717, 1.165) is 55.2 Å². The van der Waals surface area contributed by atoms with E-state index in [9.17, 15) is 4.79 Å². The van der Waals surface area contributed by atoms with E-state index in [0.29, 0.717) is 50.0 Å². The number of carbonyl (C=O) groups is 1. The molecule has 1 N–H and O–H groups in total. The molecule has 0 unspecified atom stereocenters. The number of rotatable bonds is 14. The van der Waals surface area contributed by atoms with Crippen molar-refractivity contribution in [1.29, 1.82) is 0 Å². The first-order valence-corrected chi connectivity index (χ1v) is 14.7. The minimum atomic E-state index is -0.245. The zero-order valence-corrected chi connectivity index (χ0v) is 24.6. The molecule has 224 valence electrons. The Morgan fingerprint density at radius 3 is 2.38 bits per heavy atom. The highest BCUT2D eigenvalue weighted by Gasteiger charge is 2.23. The molecule has 4 aromatic rings. The number of methoxy groups -OCH3 is 1. The zero-order valence-electron chi connectivity index (χ0n) is 24.6. The molecule has 2 aromatic carbocycles. The number of oxazole rings is 1. The van der Waals surface area contributed by atoms with Crippen LogP contribution in [0.5, 0.6) is 17.2 Å². The van der Waals surface area contributed by atoms with Crippen molar-refractivity contribution in [2.24, 2.45) is 0 Å². The third kappa shape index (κ3) is 7.17. The number of ether oxygens (including phenoxy) is 4. The van der Waals surface area contributed by atoms with Crippen molar-refractivity contribution >= 4 is 23.1 Å². The number of aromatic nitrogens is 2. The number of nitrogens with one attached hydrogen (secondary N) is 1. The Kier molecular flexibility index (Phi) is 9.86. The Morgan fingerprint density at radius 1 is 1.00 bits per heavy atom. The summed E-state index contributed by atoms with van der Waals surface area (Å²) in [6, 6.07) is 14.7. The molecule has 3 heterocycles. The second-order valence-electron chi connectivity index (χ2n) is 10.2. The molecular weight excluding hydrogens is 536 g/mol. The van der Waals surface area contributed by atoms with Crippen LogP contribution < -0.4 is 19.5 Å². The predicted molar refractivity (Wildman–Crippen MR) is 161 cm³/mol. The average molecular weight is 577 g/mol. The molecular formula is C32H40N4O6. The van der Waals surface area contributed by atoms with Crippen LogP contribution in [0.4, 0.5) is 6.01 Å². The van der Waals surface area contributed by atoms with Gasteiger partial charge in [-0.1, -0.05) is 6.07 Å². The summed E-state index contributed by atoms with van der Waals surface area (Å²) in [5.41, 5.74) is 3.44. The molecule has 10 heteroatoms. The summed E-state index contributed by atoms with van der Waals surface area (Å²) in [5.74, 6) is 2.03. The maximum atomic E-state index is 11.3. The summed E-state index contributed by atoms with van der Waals surface area (Å²) in [5, 5.41) is 3.48. The number of hydrogen-bond donors (Lipinski definition) is 1. The average Bonchev–Trinajstić information content (AvgIpc) is 3.67. The maximum absolute atomic E-state index is 11.3. The number of fused-ring (bicyclic) bond motifs is 1. The van der Waals surface area contributed by atoms with Gasteiger partial charge in [-0.3, -0.25) is 9.69 Å². The largest absolute Gasteiger partial charge is 0.492 e. The van der Waals surface area contributed by atoms with Gasteiger partial charge >= 0.3 is 5.97 Å². The minimum Gasteiger partial charge on any atom is -0.492 e. The highest BCUT2D eigenvalue weighted by atomic mass is 16.5. The van der Waals surface area contributed by atoms with E-state index in [1.807, 2.05) is 61.1 Å². The molecule has 1 fully saturated rings. The van der Waals surface area contributed by atoms with Crippen LogP contribution in [-0.2, 0) is 16.1 Å². The smallest absolute Gasteiger partial charge is 0.305 e. The third-order valence-corrected chi connectivity index (χ3v) is 7.27. The van der Waals surface area contributed by atoms with Crippen LogP contribution in [0.15, 0.2) is 59.3 Å². The lowest BCUT2D eigenvalue weighted by Crippen LogP contribution is -2.38. The van der Waals surface area contributed by atoms with Gasteiger partial charge in [-0.05, 0) is 75.1 Å². The van der Waals surface area contributed by atoms with E-state index in [1.54, 1.807) is 0 Å². The number of carbonyl (C=O) groups excluding carboxylic acids is 1. The van der Waals surface area contributed by atoms with Gasteiger partial charge in [0, 0.05) is 44.5 Å². The Bertz CT molecular complexity index is 1420. The number of hydrogen-bond acceptors (Lipinski definition) is 9. The number of piperidine rings is 1. The summed E-state index contributed by atoms with van der Waals surface area (Å²) >= 11 is 0. The second kappa shape index (κ2) is 14.1. The van der Waals surface area contributed by atoms with Gasteiger partial charge in [0.1, 0.15) is 22.7 Å². The van der Waals surface area contributed by atoms with Crippen LogP contribution in [0.3, 0.4) is 0 Å². The number of nitrogens with zero attached hydrogens (tertiary/aromatic N) is 3. The summed E-state index contributed by atoms with van der Waals surface area (Å²) in [6.07, 6.45) is 6.83. The van der Waals surface area contributed by atoms with Crippen molar-refractivity contribution in [3.8, 4) is 22.9 Å². The van der Waals surface area contributed by atoms with E-state index >= 15 is 0 Å². The van der Waals surface area contributed by atoms with Crippen molar-refractivity contribution in [2.45, 2.75) is 52.1 Å². The molecule has 0 amide bonds. The van der Waals surface area contributed by atoms with Crippen LogP contribution in [0.25, 0.3) is 16.8 Å². The van der Waals surface area contributed by atoms with E-state index in [4.69, 9.17) is 18.6 Å². The highest BCUT2D eigenvalue weighted by molar-refractivity contribution is 5.80. The maximum Gasteiger partial charge on any atom is 0.305 e. The van der Waals surface area contributed by atoms with Gasteiger partial charge in [0.05, 0.1) is 26.9 Å². The lowest BCUT2D eigenvalue weighted by Gasteiger charge is -2.32. The monoisotopic (exact) mass is 576 g/mol. The first-order chi connectivity index (χ1) is 20.6. The molecule has 1 saturated heterocycles. The molecule has 0 aliphatic carbocycles. The van der Waals surface area contributed by atoms with Gasteiger partial charge in [0.2, 0.25) is 0 Å². The van der Waals surface area contributed by atoms with Gasteiger partial charge in [0.15, 0.2) is 11.3 Å². The topological polar surface area (TPSA) is 100 Å². The van der Waals surface area contributed by atoms with E-state index in [2.05, 4.69) is 32.1 Å². The molecule has 0 atom stereocenters. The fourth-order valence-corrected chi connectivity index (χ4v) is 5.27. The quantitative estimate of drug-likeness (QED) is 0.147. The molecule has 2 aromatic heterocycles. The number of benzene rings is 2. The first kappa shape index (κ1) is 29.3. The lowest BCUT2D eigenvalue weighted by molar-refractivity contribution is -0.140. The fraction of sp³-hybridized carbons (Fsp3) is 0.438. The van der Waals surface area contributed by atoms with E-state index in [-0.39, 0.29) is 12.0 Å². The van der Waals surface area contributed by atoms with Crippen molar-refractivity contribution < 1.29 is 28.2 Å². The van der Waals surface area contributed by atoms with Gasteiger partial charge in [-0.2, -0.15) is 4.98 Å². The lowest BCUT2D eigenvalue weighted by atomic mass is 10.0. The van der Waals surface area contributed by atoms with Gasteiger partial charge in [-0.15, -0.1) is 0 Å². The Labute approximate surface area is 246 Å². The molecule has 1 aliphatic rings. The number of anilines is 1. The van der Waals surface area contributed by atoms with E-state index < -0.39 is 0 Å². The van der Waals surface area contributed by atoms with Crippen LogP contribution in [0, 0.1) is 0 Å². The SMILES string of the molecule is CCOc1cc(CN2CCC(Nc3nc4cccc(OCCCC(=O)OC)c4o3)CC2)cc(OCC)c1-n1cccc1. The van der Waals surface area contributed by atoms with Gasteiger partial charge < -0.3 is 33.2 Å². The Balaban J connectivity index is 1.19. The van der Waals surface area contributed by atoms with Crippen molar-refractivity contribution in [1.82, 2.24) is 14.5 Å². The molecule has 0 radical (unpaired) electrons. The second-order valence-corrected chi connectivity index (χ2v) is 10.2. The van der Waals surface area contributed by atoms with Crippen LogP contribution >= 0.6 is 0 Å². The summed E-state index contributed by atoms with van der Waals surface area (Å²) in [6.45, 7) is 8.27. The van der Waals surface area contributed by atoms with E-state index in [1.165, 1.54) is 12.7 Å². The molecule has 0 saturated carbocycles. The Morgan fingerprint density at radius 2 is 1.71 bits per heavy atom.